The number of carbonyl (C=O) groups is 3. The number of rotatable bonds is 7. The number of ether oxygens (including phenoxy) is 3. The van der Waals surface area contributed by atoms with E-state index in [-0.39, 0.29) is 59.6 Å². The number of alkyl carbamates (subject to hydrolysis) is 1. The third-order valence-electron chi connectivity index (χ3n) is 11.9. The molecular formula is C33H54N2O6. The quantitative estimate of drug-likeness (QED) is 0.313. The van der Waals surface area contributed by atoms with Gasteiger partial charge in [0.1, 0.15) is 18.7 Å². The minimum atomic E-state index is -0.708. The Morgan fingerprint density at radius 2 is 1.88 bits per heavy atom. The van der Waals surface area contributed by atoms with E-state index in [1.54, 1.807) is 7.11 Å². The van der Waals surface area contributed by atoms with Gasteiger partial charge < -0.3 is 19.1 Å². The van der Waals surface area contributed by atoms with E-state index in [9.17, 15) is 14.4 Å². The number of hydrogen-bond donors (Lipinski definition) is 1. The second-order valence-corrected chi connectivity index (χ2v) is 14.3. The van der Waals surface area contributed by atoms with E-state index in [2.05, 4.69) is 63.9 Å². The number of amides is 2. The van der Waals surface area contributed by atoms with Crippen LogP contribution in [0, 0.1) is 45.8 Å². The van der Waals surface area contributed by atoms with Crippen LogP contribution in [0.1, 0.15) is 86.5 Å². The molecule has 4 fully saturated rings. The molecule has 0 radical (unpaired) electrons. The van der Waals surface area contributed by atoms with Gasteiger partial charge in [0.25, 0.3) is 0 Å². The molecular weight excluding hydrogens is 520 g/mol. The lowest BCUT2D eigenvalue weighted by molar-refractivity contribution is -0.214. The summed E-state index contributed by atoms with van der Waals surface area (Å²) >= 11 is 0. The number of piperidine rings is 1. The van der Waals surface area contributed by atoms with Crippen LogP contribution < -0.4 is 5.32 Å². The molecule has 232 valence electrons. The lowest BCUT2D eigenvalue weighted by atomic mass is 9.44. The van der Waals surface area contributed by atoms with Crippen LogP contribution in [0.25, 0.3) is 0 Å². The van der Waals surface area contributed by atoms with Gasteiger partial charge in [-0.3, -0.25) is 14.9 Å². The monoisotopic (exact) mass is 574 g/mol. The third kappa shape index (κ3) is 5.77. The molecule has 1 saturated heterocycles. The highest BCUT2D eigenvalue weighted by Crippen LogP contribution is 2.68. The second kappa shape index (κ2) is 12.5. The zero-order valence-electron chi connectivity index (χ0n) is 26.7. The first-order chi connectivity index (χ1) is 19.3. The van der Waals surface area contributed by atoms with Crippen LogP contribution in [-0.4, -0.2) is 68.9 Å². The summed E-state index contributed by atoms with van der Waals surface area (Å²) in [5, 5.41) is 2.60. The minimum absolute atomic E-state index is 0.105. The van der Waals surface area contributed by atoms with Crippen molar-refractivity contribution in [1.29, 1.82) is 0 Å². The van der Waals surface area contributed by atoms with Crippen molar-refractivity contribution in [1.82, 2.24) is 10.2 Å². The van der Waals surface area contributed by atoms with Gasteiger partial charge >= 0.3 is 6.09 Å². The maximum absolute atomic E-state index is 13.8. The highest BCUT2D eigenvalue weighted by Gasteiger charge is 2.68. The van der Waals surface area contributed by atoms with Crippen molar-refractivity contribution in [2.24, 2.45) is 45.8 Å². The maximum Gasteiger partial charge on any atom is 0.414 e. The Balaban J connectivity index is 1.73. The van der Waals surface area contributed by atoms with Gasteiger partial charge in [0, 0.05) is 36.8 Å². The van der Waals surface area contributed by atoms with Gasteiger partial charge in [-0.1, -0.05) is 53.7 Å². The number of hydrogen-bond acceptors (Lipinski definition) is 7. The molecule has 0 aromatic rings. The Bertz CT molecular complexity index is 1020. The summed E-state index contributed by atoms with van der Waals surface area (Å²) in [4.78, 5) is 42.8. The summed E-state index contributed by atoms with van der Waals surface area (Å²) in [5.41, 5.74) is -1.29. The highest BCUT2D eigenvalue weighted by atomic mass is 16.7. The summed E-state index contributed by atoms with van der Waals surface area (Å²) in [7, 11) is 3.63. The van der Waals surface area contributed by atoms with Crippen molar-refractivity contribution >= 4 is 17.8 Å². The fourth-order valence-electron chi connectivity index (χ4n) is 9.23. The number of nitrogens with zero attached hydrogens (tertiary/aromatic N) is 1. The van der Waals surface area contributed by atoms with Crippen molar-refractivity contribution in [3.05, 3.63) is 12.2 Å². The summed E-state index contributed by atoms with van der Waals surface area (Å²) < 4.78 is 18.3. The molecule has 4 rings (SSSR count). The minimum Gasteiger partial charge on any atom is -0.445 e. The van der Waals surface area contributed by atoms with Crippen molar-refractivity contribution in [3.8, 4) is 0 Å². The smallest absolute Gasteiger partial charge is 0.414 e. The highest BCUT2D eigenvalue weighted by molar-refractivity contribution is 5.93. The Morgan fingerprint density at radius 1 is 1.15 bits per heavy atom. The van der Waals surface area contributed by atoms with Crippen molar-refractivity contribution in [3.63, 3.8) is 0 Å². The largest absolute Gasteiger partial charge is 0.445 e. The Kier molecular flexibility index (Phi) is 9.77. The number of ketones is 1. The molecule has 4 aliphatic rings. The van der Waals surface area contributed by atoms with Crippen molar-refractivity contribution in [2.45, 2.75) is 98.7 Å². The predicted molar refractivity (Wildman–Crippen MR) is 158 cm³/mol. The van der Waals surface area contributed by atoms with Crippen LogP contribution >= 0.6 is 0 Å². The standard InChI is InChI=1S/C33H54N2O6/c1-9-10-14-31(5)18-26(41-30(38)34-29(37)24-19-35(7)17-13-21(24)2)32(6)22(3)11-15-33(16-12-25(36)27(32)33)23(4)28(31)40-20-39-8/h10,14,21-24,26-28H,9,11-13,15-20H2,1-8H3,(H,34,37,38)/t21-,22+,23-,24-,26+,27?,28-,31+,32-,33?/m0/s1. The number of likely N-dealkylation sites (tertiary alicyclic amines) is 1. The van der Waals surface area contributed by atoms with Gasteiger partial charge in [-0.05, 0) is 75.3 Å². The van der Waals surface area contributed by atoms with Crippen LogP contribution in [0.15, 0.2) is 12.2 Å². The molecule has 1 heterocycles. The lowest BCUT2D eigenvalue weighted by Gasteiger charge is -2.62. The first-order valence-electron chi connectivity index (χ1n) is 15.8. The van der Waals surface area contributed by atoms with Gasteiger partial charge in [-0.25, -0.2) is 4.79 Å². The molecule has 8 nitrogen and oxygen atoms in total. The zero-order chi connectivity index (χ0) is 30.2. The number of imide groups is 1. The molecule has 8 heteroatoms. The van der Waals surface area contributed by atoms with E-state index in [1.165, 1.54) is 0 Å². The molecule has 3 aliphatic carbocycles. The maximum atomic E-state index is 13.8. The lowest BCUT2D eigenvalue weighted by Crippen LogP contribution is -2.63. The number of nitrogens with one attached hydrogen (secondary N) is 1. The van der Waals surface area contributed by atoms with Gasteiger partial charge in [0.05, 0.1) is 12.0 Å². The summed E-state index contributed by atoms with van der Waals surface area (Å²) in [6.45, 7) is 14.7. The van der Waals surface area contributed by atoms with Gasteiger partial charge in [0.15, 0.2) is 0 Å². The van der Waals surface area contributed by atoms with E-state index < -0.39 is 23.0 Å². The van der Waals surface area contributed by atoms with Crippen LogP contribution in [-0.2, 0) is 23.8 Å². The summed E-state index contributed by atoms with van der Waals surface area (Å²) in [6, 6.07) is 0. The molecule has 1 aliphatic heterocycles. The zero-order valence-corrected chi connectivity index (χ0v) is 26.7. The molecule has 0 aromatic heterocycles. The molecule has 1 N–H and O–H groups in total. The Labute approximate surface area is 247 Å². The van der Waals surface area contributed by atoms with Crippen molar-refractivity contribution in [2.75, 3.05) is 34.0 Å². The van der Waals surface area contributed by atoms with E-state index in [1.807, 2.05) is 7.05 Å². The van der Waals surface area contributed by atoms with Gasteiger partial charge in [0.2, 0.25) is 5.91 Å². The van der Waals surface area contributed by atoms with Crippen molar-refractivity contribution < 1.29 is 28.6 Å². The number of allylic oxidation sites excluding steroid dienone is 1. The number of methoxy groups -OCH3 is 1. The van der Waals surface area contributed by atoms with Crippen LogP contribution in [0.2, 0.25) is 0 Å². The SMILES string of the molecule is CCC=C[C@]1(C)C[C@@H](OC(=O)NC(=O)[C@H]2CN(C)CC[C@@H]2C)[C@@]2(C)C3C(=O)CCC3(CC[C@H]2C)[C@@H](C)[C@@H]1OCOC. The van der Waals surface area contributed by atoms with E-state index >= 15 is 0 Å². The van der Waals surface area contributed by atoms with E-state index in [0.29, 0.717) is 19.4 Å². The molecule has 10 atom stereocenters. The number of Topliss-reactive ketones (excluding diaryl/α,β-unsaturated/α-hetero) is 1. The second-order valence-electron chi connectivity index (χ2n) is 14.3. The molecule has 0 aromatic carbocycles. The summed E-state index contributed by atoms with van der Waals surface area (Å²) in [6.07, 6.45) is 8.42. The fourth-order valence-corrected chi connectivity index (χ4v) is 9.23. The predicted octanol–water partition coefficient (Wildman–Crippen LogP) is 5.60. The molecule has 0 spiro atoms. The average molecular weight is 575 g/mol. The molecule has 2 amide bonds. The molecule has 41 heavy (non-hydrogen) atoms. The molecule has 2 bridgehead atoms. The Hall–Kier alpha value is -1.77. The van der Waals surface area contributed by atoms with E-state index in [4.69, 9.17) is 14.2 Å². The van der Waals surface area contributed by atoms with Crippen LogP contribution in [0.3, 0.4) is 0 Å². The first-order valence-corrected chi connectivity index (χ1v) is 15.8. The van der Waals surface area contributed by atoms with Crippen LogP contribution in [0.4, 0.5) is 4.79 Å². The normalized spacial score (nSPS) is 43.3. The van der Waals surface area contributed by atoms with E-state index in [0.717, 1.165) is 38.6 Å². The third-order valence-corrected chi connectivity index (χ3v) is 11.9. The van der Waals surface area contributed by atoms with Crippen LogP contribution in [0.5, 0.6) is 0 Å². The van der Waals surface area contributed by atoms with Gasteiger partial charge in [-0.2, -0.15) is 0 Å². The Morgan fingerprint density at radius 3 is 2.56 bits per heavy atom. The fraction of sp³-hybridized carbons (Fsp3) is 0.848. The molecule has 3 saturated carbocycles. The first kappa shape index (κ1) is 32.2. The summed E-state index contributed by atoms with van der Waals surface area (Å²) in [5.74, 6) is -0.0415. The topological polar surface area (TPSA) is 94.2 Å². The average Bonchev–Trinajstić information content (AvgIpc) is 3.28. The molecule has 2 unspecified atom stereocenters. The number of carbonyl (C=O) groups excluding carboxylic acids is 3. The van der Waals surface area contributed by atoms with Gasteiger partial charge in [-0.15, -0.1) is 0 Å².